The summed E-state index contributed by atoms with van der Waals surface area (Å²) in [6.07, 6.45) is 0. The van der Waals surface area contributed by atoms with Crippen LogP contribution in [0.15, 0.2) is 44.4 Å². The number of oxazole rings is 1. The molecule has 0 saturated carbocycles. The van der Waals surface area contributed by atoms with Gasteiger partial charge in [-0.2, -0.15) is 0 Å². The molecule has 24 heavy (non-hydrogen) atoms. The van der Waals surface area contributed by atoms with Crippen LogP contribution in [0.1, 0.15) is 0 Å². The molecule has 0 radical (unpaired) electrons. The van der Waals surface area contributed by atoms with E-state index in [1.807, 2.05) is 0 Å². The smallest absolute Gasteiger partial charge is 0.417 e. The molecule has 3 aromatic rings. The van der Waals surface area contributed by atoms with Crippen molar-refractivity contribution in [2.45, 2.75) is 4.90 Å². The minimum Gasteiger partial charge on any atom is -0.495 e. The van der Waals surface area contributed by atoms with Crippen molar-refractivity contribution in [3.63, 3.8) is 0 Å². The standard InChI is InChI=1S/C14H10Cl2N2O5S/c1-22-11-3-2-7(15)4-10(11)18-24(20,21)13-6-12-9(5-8(13)16)17-14(19)23-12/h2-6,18H,1H3,(H,17,19). The zero-order chi connectivity index (χ0) is 17.5. The van der Waals surface area contributed by atoms with Gasteiger partial charge in [0.2, 0.25) is 0 Å². The van der Waals surface area contributed by atoms with Crippen molar-refractivity contribution in [1.29, 1.82) is 0 Å². The normalized spacial score (nSPS) is 11.6. The van der Waals surface area contributed by atoms with Crippen molar-refractivity contribution >= 4 is 50.0 Å². The lowest BCUT2D eigenvalue weighted by atomic mass is 10.3. The molecule has 0 aliphatic carbocycles. The number of ether oxygens (including phenoxy) is 1. The van der Waals surface area contributed by atoms with Crippen LogP contribution in [-0.4, -0.2) is 20.5 Å². The van der Waals surface area contributed by atoms with Gasteiger partial charge in [0.25, 0.3) is 10.0 Å². The summed E-state index contributed by atoms with van der Waals surface area (Å²) < 4.78 is 37.6. The van der Waals surface area contributed by atoms with Crippen molar-refractivity contribution < 1.29 is 17.6 Å². The number of hydrogen-bond acceptors (Lipinski definition) is 5. The van der Waals surface area contributed by atoms with Crippen molar-refractivity contribution in [1.82, 2.24) is 4.98 Å². The highest BCUT2D eigenvalue weighted by Crippen LogP contribution is 2.32. The quantitative estimate of drug-likeness (QED) is 0.714. The van der Waals surface area contributed by atoms with Gasteiger partial charge < -0.3 is 9.15 Å². The summed E-state index contributed by atoms with van der Waals surface area (Å²) in [7, 11) is -2.67. The van der Waals surface area contributed by atoms with Gasteiger partial charge >= 0.3 is 5.76 Å². The van der Waals surface area contributed by atoms with Gasteiger partial charge in [-0.15, -0.1) is 0 Å². The van der Waals surface area contributed by atoms with Crippen molar-refractivity contribution in [3.8, 4) is 5.75 Å². The van der Waals surface area contributed by atoms with E-state index in [9.17, 15) is 13.2 Å². The number of methoxy groups -OCH3 is 1. The fourth-order valence-electron chi connectivity index (χ4n) is 2.12. The molecule has 0 unspecified atom stereocenters. The Morgan fingerprint density at radius 1 is 1.21 bits per heavy atom. The first-order valence-corrected chi connectivity index (χ1v) is 8.73. The number of fused-ring (bicyclic) bond motifs is 1. The molecule has 0 spiro atoms. The Morgan fingerprint density at radius 3 is 2.67 bits per heavy atom. The lowest BCUT2D eigenvalue weighted by Gasteiger charge is -2.13. The van der Waals surface area contributed by atoms with E-state index in [-0.39, 0.29) is 26.9 Å². The molecule has 0 amide bonds. The maximum atomic E-state index is 12.6. The number of aromatic amines is 1. The summed E-state index contributed by atoms with van der Waals surface area (Å²) in [6, 6.07) is 6.95. The molecule has 126 valence electrons. The number of H-pyrrole nitrogens is 1. The molecule has 2 aromatic carbocycles. The molecule has 3 rings (SSSR count). The Labute approximate surface area is 146 Å². The summed E-state index contributed by atoms with van der Waals surface area (Å²) in [4.78, 5) is 13.4. The van der Waals surface area contributed by atoms with Crippen LogP contribution in [0.5, 0.6) is 5.75 Å². The molecular weight excluding hydrogens is 379 g/mol. The molecule has 0 atom stereocenters. The average molecular weight is 389 g/mol. The number of benzene rings is 2. The van der Waals surface area contributed by atoms with Crippen LogP contribution in [-0.2, 0) is 10.0 Å². The van der Waals surface area contributed by atoms with E-state index in [1.54, 1.807) is 6.07 Å². The molecule has 0 fully saturated rings. The Hall–Kier alpha value is -2.16. The van der Waals surface area contributed by atoms with Gasteiger partial charge in [0, 0.05) is 11.1 Å². The van der Waals surface area contributed by atoms with Crippen LogP contribution in [0.3, 0.4) is 0 Å². The Balaban J connectivity index is 2.10. The molecule has 1 heterocycles. The number of aromatic nitrogens is 1. The predicted octanol–water partition coefficient (Wildman–Crippen LogP) is 3.24. The van der Waals surface area contributed by atoms with Gasteiger partial charge in [-0.1, -0.05) is 23.2 Å². The lowest BCUT2D eigenvalue weighted by Crippen LogP contribution is -2.14. The highest BCUT2D eigenvalue weighted by Gasteiger charge is 2.22. The second-order valence-electron chi connectivity index (χ2n) is 4.74. The zero-order valence-electron chi connectivity index (χ0n) is 12.1. The fraction of sp³-hybridized carbons (Fsp3) is 0.0714. The van der Waals surface area contributed by atoms with Crippen LogP contribution in [0, 0.1) is 0 Å². The number of halogens is 2. The molecule has 7 nitrogen and oxygen atoms in total. The van der Waals surface area contributed by atoms with Gasteiger partial charge in [0.1, 0.15) is 10.6 Å². The summed E-state index contributed by atoms with van der Waals surface area (Å²) >= 11 is 11.9. The SMILES string of the molecule is COc1ccc(Cl)cc1NS(=O)(=O)c1cc2oc(=O)[nH]c2cc1Cl. The number of rotatable bonds is 4. The summed E-state index contributed by atoms with van der Waals surface area (Å²) in [6.45, 7) is 0. The highest BCUT2D eigenvalue weighted by molar-refractivity contribution is 7.92. The fourth-order valence-corrected chi connectivity index (χ4v) is 3.90. The maximum absolute atomic E-state index is 12.6. The first-order chi connectivity index (χ1) is 11.3. The minimum atomic E-state index is -4.07. The number of sulfonamides is 1. The van der Waals surface area contributed by atoms with Crippen LogP contribution >= 0.6 is 23.2 Å². The number of hydrogen-bond donors (Lipinski definition) is 2. The molecule has 10 heteroatoms. The van der Waals surface area contributed by atoms with Crippen LogP contribution in [0.25, 0.3) is 11.1 Å². The maximum Gasteiger partial charge on any atom is 0.417 e. The van der Waals surface area contributed by atoms with Crippen LogP contribution < -0.4 is 15.2 Å². The monoisotopic (exact) mass is 388 g/mol. The van der Waals surface area contributed by atoms with E-state index in [0.717, 1.165) is 6.07 Å². The van der Waals surface area contributed by atoms with E-state index >= 15 is 0 Å². The van der Waals surface area contributed by atoms with E-state index in [1.165, 1.54) is 25.3 Å². The molecule has 0 aliphatic heterocycles. The van der Waals surface area contributed by atoms with E-state index in [4.69, 9.17) is 32.4 Å². The lowest BCUT2D eigenvalue weighted by molar-refractivity contribution is 0.417. The van der Waals surface area contributed by atoms with Crippen molar-refractivity contribution in [2.24, 2.45) is 0 Å². The molecular formula is C14H10Cl2N2O5S. The topological polar surface area (TPSA) is 101 Å². The van der Waals surface area contributed by atoms with Crippen molar-refractivity contribution in [3.05, 3.63) is 50.9 Å². The molecule has 1 aromatic heterocycles. The van der Waals surface area contributed by atoms with Crippen LogP contribution in [0.2, 0.25) is 10.0 Å². The number of nitrogens with one attached hydrogen (secondary N) is 2. The van der Waals surface area contributed by atoms with Gasteiger partial charge in [0.05, 0.1) is 23.3 Å². The highest BCUT2D eigenvalue weighted by atomic mass is 35.5. The minimum absolute atomic E-state index is 0.0721. The molecule has 0 saturated heterocycles. The zero-order valence-corrected chi connectivity index (χ0v) is 14.4. The Bertz CT molecular complexity index is 1090. The van der Waals surface area contributed by atoms with Gasteiger partial charge in [-0.05, 0) is 24.3 Å². The predicted molar refractivity (Wildman–Crippen MR) is 90.7 cm³/mol. The van der Waals surface area contributed by atoms with Crippen LogP contribution in [0.4, 0.5) is 5.69 Å². The van der Waals surface area contributed by atoms with Gasteiger partial charge in [-0.25, -0.2) is 13.2 Å². The Kier molecular flexibility index (Phi) is 4.20. The molecule has 2 N–H and O–H groups in total. The largest absolute Gasteiger partial charge is 0.495 e. The second kappa shape index (κ2) is 6.04. The summed E-state index contributed by atoms with van der Waals surface area (Å²) in [5.41, 5.74) is 0.517. The first kappa shape index (κ1) is 16.7. The third-order valence-corrected chi connectivity index (χ3v) is 5.23. The summed E-state index contributed by atoms with van der Waals surface area (Å²) in [5, 5.41) is 0.250. The second-order valence-corrected chi connectivity index (χ2v) is 7.24. The molecule has 0 bridgehead atoms. The van der Waals surface area contributed by atoms with Gasteiger partial charge in [0.15, 0.2) is 5.58 Å². The van der Waals surface area contributed by atoms with Gasteiger partial charge in [-0.3, -0.25) is 9.71 Å². The first-order valence-electron chi connectivity index (χ1n) is 6.49. The average Bonchev–Trinajstić information content (AvgIpc) is 2.85. The Morgan fingerprint density at radius 2 is 1.96 bits per heavy atom. The third-order valence-electron chi connectivity index (χ3n) is 3.17. The third kappa shape index (κ3) is 3.08. The van der Waals surface area contributed by atoms with E-state index < -0.39 is 15.8 Å². The van der Waals surface area contributed by atoms with E-state index in [0.29, 0.717) is 10.5 Å². The number of anilines is 1. The summed E-state index contributed by atoms with van der Waals surface area (Å²) in [5.74, 6) is -0.423. The molecule has 0 aliphatic rings. The van der Waals surface area contributed by atoms with E-state index in [2.05, 4.69) is 9.71 Å². The van der Waals surface area contributed by atoms with Crippen molar-refractivity contribution in [2.75, 3.05) is 11.8 Å².